The zero-order valence-electron chi connectivity index (χ0n) is 19.0. The summed E-state index contributed by atoms with van der Waals surface area (Å²) in [5, 5.41) is 4.16. The van der Waals surface area contributed by atoms with Gasteiger partial charge in [0.2, 0.25) is 0 Å². The van der Waals surface area contributed by atoms with Gasteiger partial charge in [0.1, 0.15) is 0 Å². The molecular formula is C25H29ClN4O3. The Hall–Kier alpha value is -3.19. The molecule has 1 aliphatic heterocycles. The molecule has 174 valence electrons. The fourth-order valence-corrected chi connectivity index (χ4v) is 3.79. The number of unbranched alkanes of at least 4 members (excludes halogenated alkanes) is 1. The Morgan fingerprint density at radius 1 is 1.09 bits per heavy atom. The molecule has 1 saturated heterocycles. The van der Waals surface area contributed by atoms with Crippen molar-refractivity contribution < 1.29 is 14.3 Å². The van der Waals surface area contributed by atoms with Crippen LogP contribution in [-0.2, 0) is 4.74 Å². The van der Waals surface area contributed by atoms with Gasteiger partial charge in [-0.25, -0.2) is 14.8 Å². The van der Waals surface area contributed by atoms with Crippen molar-refractivity contribution in [3.8, 4) is 0 Å². The highest BCUT2D eigenvalue weighted by molar-refractivity contribution is 6.07. The third kappa shape index (κ3) is 5.60. The number of esters is 1. The van der Waals surface area contributed by atoms with Gasteiger partial charge in [0.25, 0.3) is 5.91 Å². The lowest BCUT2D eigenvalue weighted by molar-refractivity contribution is 0.0499. The van der Waals surface area contributed by atoms with Gasteiger partial charge in [-0.05, 0) is 62.6 Å². The van der Waals surface area contributed by atoms with E-state index in [9.17, 15) is 9.59 Å². The number of nitrogens with one attached hydrogen (secondary N) is 1. The number of nitrogens with zero attached hydrogens (tertiary/aromatic N) is 3. The number of fused-ring (bicyclic) bond motifs is 1. The van der Waals surface area contributed by atoms with Crippen LogP contribution in [0.5, 0.6) is 0 Å². The van der Waals surface area contributed by atoms with Crippen molar-refractivity contribution in [3.63, 3.8) is 0 Å². The average molecular weight is 469 g/mol. The fraction of sp³-hybridized carbons (Fsp3) is 0.360. The minimum atomic E-state index is -0.330. The van der Waals surface area contributed by atoms with E-state index in [1.807, 2.05) is 36.1 Å². The van der Waals surface area contributed by atoms with Crippen LogP contribution in [0.1, 0.15) is 59.0 Å². The van der Waals surface area contributed by atoms with Crippen molar-refractivity contribution in [2.75, 3.05) is 25.0 Å². The number of hydrogen-bond acceptors (Lipinski definition) is 6. The molecule has 3 aromatic rings. The molecule has 4 rings (SSSR count). The Morgan fingerprint density at radius 3 is 2.52 bits per heavy atom. The number of amides is 1. The Bertz CT molecular complexity index is 1130. The van der Waals surface area contributed by atoms with Gasteiger partial charge in [0, 0.05) is 36.1 Å². The van der Waals surface area contributed by atoms with Crippen LogP contribution in [0, 0.1) is 6.92 Å². The second kappa shape index (κ2) is 11.1. The van der Waals surface area contributed by atoms with Gasteiger partial charge in [0.05, 0.1) is 23.4 Å². The summed E-state index contributed by atoms with van der Waals surface area (Å²) in [6.07, 6.45) is 5.47. The molecule has 1 amide bonds. The summed E-state index contributed by atoms with van der Waals surface area (Å²) in [7, 11) is 0. The zero-order valence-corrected chi connectivity index (χ0v) is 19.8. The van der Waals surface area contributed by atoms with Crippen LogP contribution < -0.4 is 5.32 Å². The Kier molecular flexibility index (Phi) is 8.22. The number of aromatic nitrogens is 2. The summed E-state index contributed by atoms with van der Waals surface area (Å²) in [5.41, 5.74) is 3.91. The Balaban J connectivity index is 0.00000306. The van der Waals surface area contributed by atoms with Crippen LogP contribution in [0.25, 0.3) is 11.0 Å². The molecule has 8 heteroatoms. The van der Waals surface area contributed by atoms with Crippen LogP contribution >= 0.6 is 12.4 Å². The van der Waals surface area contributed by atoms with Crippen molar-refractivity contribution in [3.05, 3.63) is 59.4 Å². The van der Waals surface area contributed by atoms with Crippen LogP contribution in [0.15, 0.2) is 42.6 Å². The van der Waals surface area contributed by atoms with Gasteiger partial charge in [-0.3, -0.25) is 4.79 Å². The Morgan fingerprint density at radius 2 is 1.82 bits per heavy atom. The van der Waals surface area contributed by atoms with E-state index in [1.165, 1.54) is 0 Å². The molecule has 2 aromatic heterocycles. The summed E-state index contributed by atoms with van der Waals surface area (Å²) in [6.45, 7) is 5.91. The molecule has 0 radical (unpaired) electrons. The minimum Gasteiger partial charge on any atom is -0.462 e. The third-order valence-corrected chi connectivity index (χ3v) is 5.61. The van der Waals surface area contributed by atoms with Crippen molar-refractivity contribution in [1.29, 1.82) is 0 Å². The number of benzene rings is 1. The fourth-order valence-electron chi connectivity index (χ4n) is 3.79. The van der Waals surface area contributed by atoms with Crippen molar-refractivity contribution in [2.24, 2.45) is 0 Å². The maximum absolute atomic E-state index is 13.2. The van der Waals surface area contributed by atoms with Gasteiger partial charge in [0.15, 0.2) is 5.65 Å². The van der Waals surface area contributed by atoms with E-state index in [0.717, 1.165) is 55.5 Å². The van der Waals surface area contributed by atoms with Crippen LogP contribution in [0.3, 0.4) is 0 Å². The van der Waals surface area contributed by atoms with Crippen molar-refractivity contribution >= 4 is 46.7 Å². The molecule has 1 fully saturated rings. The SMILES string of the molecule is CCCCOC(=O)c1ccc(Nc2c(C(=O)N3CCCC3)cnc3nc(C)ccc23)cc1.Cl. The summed E-state index contributed by atoms with van der Waals surface area (Å²) in [6, 6.07) is 10.9. The van der Waals surface area contributed by atoms with E-state index in [2.05, 4.69) is 22.2 Å². The average Bonchev–Trinajstić information content (AvgIpc) is 3.34. The first-order valence-electron chi connectivity index (χ1n) is 11.2. The number of halogens is 1. The van der Waals surface area contributed by atoms with Crippen LogP contribution in [0.4, 0.5) is 11.4 Å². The summed E-state index contributed by atoms with van der Waals surface area (Å²) in [5.74, 6) is -0.361. The normalized spacial score (nSPS) is 13.0. The Labute approximate surface area is 200 Å². The largest absolute Gasteiger partial charge is 0.462 e. The first kappa shape index (κ1) is 24.5. The number of rotatable bonds is 7. The molecule has 0 bridgehead atoms. The first-order chi connectivity index (χ1) is 15.6. The zero-order chi connectivity index (χ0) is 22.5. The van der Waals surface area contributed by atoms with E-state index in [-0.39, 0.29) is 24.3 Å². The molecule has 0 spiro atoms. The predicted octanol–water partition coefficient (Wildman–Crippen LogP) is 5.30. The van der Waals surface area contributed by atoms with E-state index in [1.54, 1.807) is 18.3 Å². The number of pyridine rings is 2. The van der Waals surface area contributed by atoms with Gasteiger partial charge in [-0.2, -0.15) is 0 Å². The minimum absolute atomic E-state index is 0. The lowest BCUT2D eigenvalue weighted by atomic mass is 10.1. The van der Waals surface area contributed by atoms with Crippen LogP contribution in [-0.4, -0.2) is 46.4 Å². The summed E-state index contributed by atoms with van der Waals surface area (Å²) in [4.78, 5) is 36.2. The maximum atomic E-state index is 13.2. The number of likely N-dealkylation sites (tertiary alicyclic amines) is 1. The number of carbonyl (C=O) groups is 2. The van der Waals surface area contributed by atoms with Crippen molar-refractivity contribution in [2.45, 2.75) is 39.5 Å². The number of aryl methyl sites for hydroxylation is 1. The monoisotopic (exact) mass is 468 g/mol. The molecular weight excluding hydrogens is 440 g/mol. The topological polar surface area (TPSA) is 84.4 Å². The van der Waals surface area contributed by atoms with Gasteiger partial charge in [-0.15, -0.1) is 12.4 Å². The molecule has 1 aliphatic rings. The van der Waals surface area contributed by atoms with Crippen molar-refractivity contribution in [1.82, 2.24) is 14.9 Å². The van der Waals surface area contributed by atoms with E-state index >= 15 is 0 Å². The highest BCUT2D eigenvalue weighted by Crippen LogP contribution is 2.30. The second-order valence-electron chi connectivity index (χ2n) is 8.06. The van der Waals surface area contributed by atoms with Crippen LogP contribution in [0.2, 0.25) is 0 Å². The molecule has 3 heterocycles. The van der Waals surface area contributed by atoms with E-state index in [4.69, 9.17) is 4.74 Å². The molecule has 0 atom stereocenters. The number of anilines is 2. The predicted molar refractivity (Wildman–Crippen MR) is 132 cm³/mol. The molecule has 7 nitrogen and oxygen atoms in total. The van der Waals surface area contributed by atoms with Gasteiger partial charge >= 0.3 is 5.97 Å². The lowest BCUT2D eigenvalue weighted by Crippen LogP contribution is -2.28. The lowest BCUT2D eigenvalue weighted by Gasteiger charge is -2.19. The van der Waals surface area contributed by atoms with E-state index in [0.29, 0.717) is 29.1 Å². The highest BCUT2D eigenvalue weighted by Gasteiger charge is 2.24. The van der Waals surface area contributed by atoms with Gasteiger partial charge < -0.3 is 15.0 Å². The summed E-state index contributed by atoms with van der Waals surface area (Å²) >= 11 is 0. The number of ether oxygens (including phenoxy) is 1. The van der Waals surface area contributed by atoms with Gasteiger partial charge in [-0.1, -0.05) is 13.3 Å². The quantitative estimate of drug-likeness (QED) is 0.374. The highest BCUT2D eigenvalue weighted by atomic mass is 35.5. The van der Waals surface area contributed by atoms with E-state index < -0.39 is 0 Å². The molecule has 0 saturated carbocycles. The third-order valence-electron chi connectivity index (χ3n) is 5.61. The summed E-state index contributed by atoms with van der Waals surface area (Å²) < 4.78 is 5.28. The first-order valence-corrected chi connectivity index (χ1v) is 11.2. The second-order valence-corrected chi connectivity index (χ2v) is 8.06. The smallest absolute Gasteiger partial charge is 0.338 e. The number of carbonyl (C=O) groups excluding carboxylic acids is 2. The molecule has 0 aliphatic carbocycles. The molecule has 33 heavy (non-hydrogen) atoms. The molecule has 1 aromatic carbocycles. The molecule has 0 unspecified atom stereocenters. The number of hydrogen-bond donors (Lipinski definition) is 1. The maximum Gasteiger partial charge on any atom is 0.338 e. The standard InChI is InChI=1S/C25H28N4O3.ClH/c1-3-4-15-32-25(31)18-8-10-19(11-9-18)28-22-20-12-7-17(2)27-23(20)26-16-21(22)24(30)29-13-5-6-14-29;/h7-12,16H,3-6,13-15H2,1-2H3,(H,26,27,28);1H. The molecule has 1 N–H and O–H groups in total.